The van der Waals surface area contributed by atoms with Gasteiger partial charge in [0.05, 0.1) is 19.3 Å². The van der Waals surface area contributed by atoms with Crippen molar-refractivity contribution in [2.45, 2.75) is 19.3 Å². The zero-order chi connectivity index (χ0) is 18.5. The average Bonchev–Trinajstić information content (AvgIpc) is 3.01. The topological polar surface area (TPSA) is 72.0 Å². The molecule has 2 aliphatic heterocycles. The number of methoxy groups -OCH3 is 2. The summed E-state index contributed by atoms with van der Waals surface area (Å²) in [6.45, 7) is 3.68. The van der Waals surface area contributed by atoms with Gasteiger partial charge in [-0.3, -0.25) is 9.59 Å². The third-order valence-corrected chi connectivity index (χ3v) is 5.27. The highest BCUT2D eigenvalue weighted by molar-refractivity contribution is 5.94. The largest absolute Gasteiger partial charge is 0.481 e. The van der Waals surface area contributed by atoms with Gasteiger partial charge < -0.3 is 19.3 Å². The van der Waals surface area contributed by atoms with Gasteiger partial charge in [-0.05, 0) is 24.8 Å². The molecule has 0 spiro atoms. The second-order valence-corrected chi connectivity index (χ2v) is 7.15. The summed E-state index contributed by atoms with van der Waals surface area (Å²) in [5, 5.41) is 0. The summed E-state index contributed by atoms with van der Waals surface area (Å²) in [7, 11) is 3.23. The molecule has 0 N–H and O–H groups in total. The molecule has 2 amide bonds. The van der Waals surface area contributed by atoms with Crippen LogP contribution in [0.5, 0.6) is 5.88 Å². The number of rotatable bonds is 6. The Balaban J connectivity index is 1.48. The maximum atomic E-state index is 12.6. The maximum absolute atomic E-state index is 12.6. The summed E-state index contributed by atoms with van der Waals surface area (Å²) >= 11 is 0. The normalized spacial score (nSPS) is 21.3. The predicted molar refractivity (Wildman–Crippen MR) is 96.0 cm³/mol. The summed E-state index contributed by atoms with van der Waals surface area (Å²) in [6, 6.07) is 3.45. The summed E-state index contributed by atoms with van der Waals surface area (Å²) < 4.78 is 10.2. The second kappa shape index (κ2) is 8.49. The van der Waals surface area contributed by atoms with E-state index in [1.54, 1.807) is 32.5 Å². The van der Waals surface area contributed by atoms with E-state index in [-0.39, 0.29) is 11.8 Å². The van der Waals surface area contributed by atoms with E-state index in [0.717, 1.165) is 39.0 Å². The third kappa shape index (κ3) is 4.33. The molecule has 1 aromatic rings. The van der Waals surface area contributed by atoms with E-state index in [2.05, 4.69) is 4.98 Å². The van der Waals surface area contributed by atoms with Crippen molar-refractivity contribution in [2.75, 3.05) is 47.0 Å². The molecule has 2 saturated heterocycles. The minimum atomic E-state index is 0.0102. The Kier molecular flexibility index (Phi) is 6.08. The molecule has 1 aromatic heterocycles. The molecule has 142 valence electrons. The highest BCUT2D eigenvalue weighted by atomic mass is 16.5. The molecule has 7 heteroatoms. The van der Waals surface area contributed by atoms with E-state index >= 15 is 0 Å². The molecule has 1 unspecified atom stereocenters. The molecule has 0 radical (unpaired) electrons. The van der Waals surface area contributed by atoms with Gasteiger partial charge in [-0.25, -0.2) is 4.98 Å². The van der Waals surface area contributed by atoms with Crippen molar-refractivity contribution in [2.24, 2.45) is 11.8 Å². The lowest BCUT2D eigenvalue weighted by Crippen LogP contribution is -2.42. The van der Waals surface area contributed by atoms with Gasteiger partial charge in [0.2, 0.25) is 11.8 Å². The number of pyridine rings is 1. The van der Waals surface area contributed by atoms with Gasteiger partial charge in [0.25, 0.3) is 5.91 Å². The van der Waals surface area contributed by atoms with Crippen molar-refractivity contribution in [1.29, 1.82) is 0 Å². The van der Waals surface area contributed by atoms with Crippen molar-refractivity contribution >= 4 is 11.8 Å². The van der Waals surface area contributed by atoms with Gasteiger partial charge in [0, 0.05) is 57.9 Å². The molecule has 0 aliphatic carbocycles. The fourth-order valence-electron chi connectivity index (χ4n) is 3.82. The van der Waals surface area contributed by atoms with Crippen LogP contribution in [-0.2, 0) is 9.53 Å². The number of aromatic nitrogens is 1. The fourth-order valence-corrected chi connectivity index (χ4v) is 3.82. The van der Waals surface area contributed by atoms with Gasteiger partial charge in [-0.1, -0.05) is 0 Å². The predicted octanol–water partition coefficient (Wildman–Crippen LogP) is 1.44. The second-order valence-electron chi connectivity index (χ2n) is 7.15. The molecule has 2 fully saturated rings. The Morgan fingerprint density at radius 3 is 2.62 bits per heavy atom. The maximum Gasteiger partial charge on any atom is 0.255 e. The van der Waals surface area contributed by atoms with Crippen LogP contribution >= 0.6 is 0 Å². The van der Waals surface area contributed by atoms with Crippen molar-refractivity contribution in [3.05, 3.63) is 23.9 Å². The number of ether oxygens (including phenoxy) is 2. The monoisotopic (exact) mass is 361 g/mol. The Bertz CT molecular complexity index is 626. The summed E-state index contributed by atoms with van der Waals surface area (Å²) in [6.07, 6.45) is 4.00. The lowest BCUT2D eigenvalue weighted by Gasteiger charge is -2.34. The molecule has 3 rings (SSSR count). The van der Waals surface area contributed by atoms with Crippen LogP contribution < -0.4 is 4.74 Å². The number of piperidine rings is 1. The van der Waals surface area contributed by atoms with Gasteiger partial charge in [0.1, 0.15) is 0 Å². The van der Waals surface area contributed by atoms with Gasteiger partial charge >= 0.3 is 0 Å². The van der Waals surface area contributed by atoms with E-state index in [0.29, 0.717) is 36.3 Å². The van der Waals surface area contributed by atoms with E-state index in [9.17, 15) is 9.59 Å². The first-order valence-corrected chi connectivity index (χ1v) is 9.16. The molecule has 2 aliphatic rings. The SMILES string of the molecule is COCC1CC(=O)N(CC2CCN(C(=O)c3ccc(OC)nc3)CC2)C1. The van der Waals surface area contributed by atoms with Crippen LogP contribution in [0.1, 0.15) is 29.6 Å². The van der Waals surface area contributed by atoms with Crippen LogP contribution in [0.3, 0.4) is 0 Å². The number of hydrogen-bond donors (Lipinski definition) is 0. The molecule has 0 bridgehead atoms. The third-order valence-electron chi connectivity index (χ3n) is 5.27. The lowest BCUT2D eigenvalue weighted by molar-refractivity contribution is -0.128. The highest BCUT2D eigenvalue weighted by Crippen LogP contribution is 2.24. The van der Waals surface area contributed by atoms with Crippen LogP contribution in [0.15, 0.2) is 18.3 Å². The summed E-state index contributed by atoms with van der Waals surface area (Å²) in [5.41, 5.74) is 0.585. The van der Waals surface area contributed by atoms with Crippen molar-refractivity contribution in [3.8, 4) is 5.88 Å². The zero-order valence-electron chi connectivity index (χ0n) is 15.5. The standard InChI is InChI=1S/C19H27N3O4/c1-25-13-15-9-18(23)22(12-15)11-14-5-7-21(8-6-14)19(24)16-3-4-17(26-2)20-10-16/h3-4,10,14-15H,5-9,11-13H2,1-2H3. The summed E-state index contributed by atoms with van der Waals surface area (Å²) in [4.78, 5) is 32.7. The molecule has 1 atom stereocenters. The Morgan fingerprint density at radius 1 is 1.23 bits per heavy atom. The Labute approximate surface area is 154 Å². The van der Waals surface area contributed by atoms with Crippen molar-refractivity contribution in [1.82, 2.24) is 14.8 Å². The number of likely N-dealkylation sites (tertiary alicyclic amines) is 2. The van der Waals surface area contributed by atoms with Crippen molar-refractivity contribution in [3.63, 3.8) is 0 Å². The van der Waals surface area contributed by atoms with E-state index in [1.165, 1.54) is 0 Å². The van der Waals surface area contributed by atoms with Crippen LogP contribution in [-0.4, -0.2) is 73.6 Å². The van der Waals surface area contributed by atoms with Gasteiger partial charge in [-0.2, -0.15) is 0 Å². The highest BCUT2D eigenvalue weighted by Gasteiger charge is 2.32. The Morgan fingerprint density at radius 2 is 2.00 bits per heavy atom. The van der Waals surface area contributed by atoms with Gasteiger partial charge in [0.15, 0.2) is 0 Å². The number of amides is 2. The number of nitrogens with zero attached hydrogens (tertiary/aromatic N) is 3. The van der Waals surface area contributed by atoms with Crippen molar-refractivity contribution < 1.29 is 19.1 Å². The Hall–Kier alpha value is -2.15. The van der Waals surface area contributed by atoms with Crippen LogP contribution in [0.2, 0.25) is 0 Å². The molecular weight excluding hydrogens is 334 g/mol. The summed E-state index contributed by atoms with van der Waals surface area (Å²) in [5.74, 6) is 1.52. The molecule has 0 aromatic carbocycles. The molecular formula is C19H27N3O4. The number of hydrogen-bond acceptors (Lipinski definition) is 5. The van der Waals surface area contributed by atoms with E-state index in [4.69, 9.17) is 9.47 Å². The quantitative estimate of drug-likeness (QED) is 0.767. The zero-order valence-corrected chi connectivity index (χ0v) is 15.5. The molecule has 7 nitrogen and oxygen atoms in total. The number of carbonyl (C=O) groups excluding carboxylic acids is 2. The minimum absolute atomic E-state index is 0.0102. The first-order chi connectivity index (χ1) is 12.6. The fraction of sp³-hybridized carbons (Fsp3) is 0.632. The lowest BCUT2D eigenvalue weighted by atomic mass is 9.96. The average molecular weight is 361 g/mol. The first kappa shape index (κ1) is 18.6. The van der Waals surface area contributed by atoms with Gasteiger partial charge in [-0.15, -0.1) is 0 Å². The van der Waals surface area contributed by atoms with E-state index < -0.39 is 0 Å². The first-order valence-electron chi connectivity index (χ1n) is 9.16. The minimum Gasteiger partial charge on any atom is -0.481 e. The van der Waals surface area contributed by atoms with Crippen LogP contribution in [0, 0.1) is 11.8 Å². The van der Waals surface area contributed by atoms with E-state index in [1.807, 2.05) is 9.80 Å². The molecule has 0 saturated carbocycles. The molecule has 3 heterocycles. The van der Waals surface area contributed by atoms with Crippen LogP contribution in [0.4, 0.5) is 0 Å². The molecule has 26 heavy (non-hydrogen) atoms. The number of carbonyl (C=O) groups is 2. The smallest absolute Gasteiger partial charge is 0.255 e. The van der Waals surface area contributed by atoms with Crippen LogP contribution in [0.25, 0.3) is 0 Å².